The molecule has 0 saturated heterocycles. The molecule has 2 N–H and O–H groups in total. The van der Waals surface area contributed by atoms with Gasteiger partial charge in [0.1, 0.15) is 4.21 Å². The van der Waals surface area contributed by atoms with Crippen LogP contribution in [0, 0.1) is 0 Å². The minimum absolute atomic E-state index is 0. The molecular formula is C10H14BrClN2O2S2. The van der Waals surface area contributed by atoms with Gasteiger partial charge in [-0.15, -0.1) is 23.7 Å². The fourth-order valence-electron chi connectivity index (χ4n) is 1.53. The van der Waals surface area contributed by atoms with Gasteiger partial charge in [-0.25, -0.2) is 13.1 Å². The van der Waals surface area contributed by atoms with E-state index in [0.717, 1.165) is 28.9 Å². The first-order valence-electron chi connectivity index (χ1n) is 5.21. The lowest BCUT2D eigenvalue weighted by molar-refractivity contribution is 0.584. The number of nitrogens with one attached hydrogen (secondary N) is 2. The first-order chi connectivity index (χ1) is 8.08. The molecule has 0 radical (unpaired) electrons. The first-order valence-corrected chi connectivity index (χ1v) is 8.31. The van der Waals surface area contributed by atoms with Gasteiger partial charge in [-0.2, -0.15) is 0 Å². The van der Waals surface area contributed by atoms with E-state index in [0.29, 0.717) is 10.8 Å². The lowest BCUT2D eigenvalue weighted by Gasteiger charge is -2.14. The molecule has 1 aromatic rings. The van der Waals surface area contributed by atoms with Gasteiger partial charge in [-0.05, 0) is 41.0 Å². The second kappa shape index (κ2) is 7.02. The summed E-state index contributed by atoms with van der Waals surface area (Å²) < 4.78 is 27.6. The molecule has 18 heavy (non-hydrogen) atoms. The van der Waals surface area contributed by atoms with E-state index >= 15 is 0 Å². The summed E-state index contributed by atoms with van der Waals surface area (Å²) in [7, 11) is -3.36. The topological polar surface area (TPSA) is 58.2 Å². The third kappa shape index (κ3) is 4.32. The molecular weight excluding hydrogens is 360 g/mol. The Morgan fingerprint density at radius 1 is 1.44 bits per heavy atom. The van der Waals surface area contributed by atoms with Crippen LogP contribution in [-0.2, 0) is 10.0 Å². The van der Waals surface area contributed by atoms with Crippen molar-refractivity contribution in [2.45, 2.75) is 10.6 Å². The van der Waals surface area contributed by atoms with Gasteiger partial charge in [0.2, 0.25) is 10.0 Å². The highest BCUT2D eigenvalue weighted by Gasteiger charge is 2.16. The molecule has 0 spiro atoms. The molecule has 0 saturated carbocycles. The number of halogens is 2. The van der Waals surface area contributed by atoms with Crippen LogP contribution in [0.4, 0.5) is 0 Å². The summed E-state index contributed by atoms with van der Waals surface area (Å²) in [5.74, 6) is 0. The van der Waals surface area contributed by atoms with Gasteiger partial charge in [0.25, 0.3) is 0 Å². The van der Waals surface area contributed by atoms with E-state index in [1.54, 1.807) is 12.1 Å². The average Bonchev–Trinajstić information content (AvgIpc) is 2.76. The molecule has 0 atom stereocenters. The second-order valence-corrected chi connectivity index (χ2v) is 8.16. The third-order valence-corrected chi connectivity index (χ3v) is 5.98. The van der Waals surface area contributed by atoms with Crippen LogP contribution in [0.25, 0.3) is 0 Å². The maximum Gasteiger partial charge on any atom is 0.250 e. The predicted molar refractivity (Wildman–Crippen MR) is 80.0 cm³/mol. The van der Waals surface area contributed by atoms with Gasteiger partial charge < -0.3 is 5.32 Å². The standard InChI is InChI=1S/C10H13BrN2O2S2.ClH/c11-9-1-2-10(16-9)17(14,15)13-7-8-3-5-12-6-4-8;/h1-3,12-13H,4-7H2;1H. The van der Waals surface area contributed by atoms with Crippen molar-refractivity contribution in [1.29, 1.82) is 0 Å². The van der Waals surface area contributed by atoms with Gasteiger partial charge in [0, 0.05) is 13.1 Å². The van der Waals surface area contributed by atoms with Crippen molar-refractivity contribution in [3.63, 3.8) is 0 Å². The minimum atomic E-state index is -3.36. The van der Waals surface area contributed by atoms with Gasteiger partial charge in [-0.3, -0.25) is 0 Å². The summed E-state index contributed by atoms with van der Waals surface area (Å²) in [5.41, 5.74) is 1.14. The molecule has 1 aliphatic rings. The van der Waals surface area contributed by atoms with Crippen molar-refractivity contribution < 1.29 is 8.42 Å². The van der Waals surface area contributed by atoms with Gasteiger partial charge in [0.15, 0.2) is 0 Å². The number of hydrogen-bond acceptors (Lipinski definition) is 4. The van der Waals surface area contributed by atoms with Gasteiger partial charge in [0.05, 0.1) is 3.79 Å². The maximum absolute atomic E-state index is 11.9. The summed E-state index contributed by atoms with van der Waals surface area (Å²) >= 11 is 4.47. The molecule has 0 unspecified atom stereocenters. The van der Waals surface area contributed by atoms with E-state index in [1.165, 1.54) is 11.3 Å². The molecule has 0 amide bonds. The number of sulfonamides is 1. The van der Waals surface area contributed by atoms with Crippen LogP contribution in [0.5, 0.6) is 0 Å². The summed E-state index contributed by atoms with van der Waals surface area (Å²) in [6.45, 7) is 2.14. The molecule has 0 aliphatic carbocycles. The summed E-state index contributed by atoms with van der Waals surface area (Å²) in [6.07, 6.45) is 2.94. The molecule has 0 bridgehead atoms. The van der Waals surface area contributed by atoms with E-state index in [9.17, 15) is 8.42 Å². The lowest BCUT2D eigenvalue weighted by atomic mass is 10.1. The highest BCUT2D eigenvalue weighted by Crippen LogP contribution is 2.25. The Morgan fingerprint density at radius 3 is 2.78 bits per heavy atom. The molecule has 2 rings (SSSR count). The van der Waals surface area contributed by atoms with E-state index in [2.05, 4.69) is 26.0 Å². The Kier molecular flexibility index (Phi) is 6.29. The molecule has 1 aromatic heterocycles. The minimum Gasteiger partial charge on any atom is -0.313 e. The van der Waals surface area contributed by atoms with E-state index in [1.807, 2.05) is 6.08 Å². The monoisotopic (exact) mass is 372 g/mol. The Hall–Kier alpha value is 0.0800. The Bertz CT molecular complexity index is 528. The highest BCUT2D eigenvalue weighted by molar-refractivity contribution is 9.11. The zero-order chi connectivity index (χ0) is 12.3. The van der Waals surface area contributed by atoms with Crippen molar-refractivity contribution in [3.8, 4) is 0 Å². The zero-order valence-electron chi connectivity index (χ0n) is 9.48. The summed E-state index contributed by atoms with van der Waals surface area (Å²) in [4.78, 5) is 0. The SMILES string of the molecule is Cl.O=S(=O)(NCC1=CCNCC1)c1ccc(Br)s1. The van der Waals surface area contributed by atoms with Crippen LogP contribution in [-0.4, -0.2) is 28.1 Å². The third-order valence-electron chi connectivity index (χ3n) is 2.46. The Morgan fingerprint density at radius 2 is 2.22 bits per heavy atom. The lowest BCUT2D eigenvalue weighted by Crippen LogP contribution is -2.29. The van der Waals surface area contributed by atoms with Crippen molar-refractivity contribution in [2.75, 3.05) is 19.6 Å². The van der Waals surface area contributed by atoms with E-state index < -0.39 is 10.0 Å². The molecule has 0 fully saturated rings. The number of thiophene rings is 1. The smallest absolute Gasteiger partial charge is 0.250 e. The van der Waals surface area contributed by atoms with Crippen molar-refractivity contribution in [3.05, 3.63) is 27.6 Å². The molecule has 0 aromatic carbocycles. The van der Waals surface area contributed by atoms with Crippen molar-refractivity contribution in [2.24, 2.45) is 0 Å². The summed E-state index contributed by atoms with van der Waals surface area (Å²) in [5, 5.41) is 3.19. The van der Waals surface area contributed by atoms with Crippen LogP contribution < -0.4 is 10.0 Å². The molecule has 102 valence electrons. The zero-order valence-corrected chi connectivity index (χ0v) is 13.5. The highest BCUT2D eigenvalue weighted by atomic mass is 79.9. The molecule has 1 aliphatic heterocycles. The Labute approximate surface area is 125 Å². The fourth-order valence-corrected chi connectivity index (χ4v) is 4.62. The van der Waals surface area contributed by atoms with Crippen LogP contribution in [0.3, 0.4) is 0 Å². The van der Waals surface area contributed by atoms with Crippen LogP contribution in [0.1, 0.15) is 6.42 Å². The molecule has 8 heteroatoms. The van der Waals surface area contributed by atoms with Crippen LogP contribution >= 0.6 is 39.7 Å². The van der Waals surface area contributed by atoms with E-state index in [4.69, 9.17) is 0 Å². The molecule has 4 nitrogen and oxygen atoms in total. The normalized spacial score (nSPS) is 15.9. The number of hydrogen-bond donors (Lipinski definition) is 2. The molecule has 2 heterocycles. The Balaban J connectivity index is 0.00000162. The van der Waals surface area contributed by atoms with Gasteiger partial charge >= 0.3 is 0 Å². The average molecular weight is 374 g/mol. The van der Waals surface area contributed by atoms with Crippen molar-refractivity contribution in [1.82, 2.24) is 10.0 Å². The predicted octanol–water partition coefficient (Wildman–Crippen LogP) is 2.13. The van der Waals surface area contributed by atoms with Crippen molar-refractivity contribution >= 4 is 49.7 Å². The maximum atomic E-state index is 11.9. The fraction of sp³-hybridized carbons (Fsp3) is 0.400. The largest absolute Gasteiger partial charge is 0.313 e. The summed E-state index contributed by atoms with van der Waals surface area (Å²) in [6, 6.07) is 3.34. The second-order valence-electron chi connectivity index (χ2n) is 3.70. The first kappa shape index (κ1) is 16.1. The van der Waals surface area contributed by atoms with Gasteiger partial charge in [-0.1, -0.05) is 11.6 Å². The van der Waals surface area contributed by atoms with E-state index in [-0.39, 0.29) is 12.4 Å². The van der Waals surface area contributed by atoms with Crippen LogP contribution in [0.15, 0.2) is 31.8 Å². The number of rotatable bonds is 4. The quantitative estimate of drug-likeness (QED) is 0.795. The van der Waals surface area contributed by atoms with Crippen LogP contribution in [0.2, 0.25) is 0 Å².